The van der Waals surface area contributed by atoms with Gasteiger partial charge < -0.3 is 4.90 Å². The Kier molecular flexibility index (Phi) is 4.66. The summed E-state index contributed by atoms with van der Waals surface area (Å²) in [5.74, 6) is -0.195. The Morgan fingerprint density at radius 3 is 3.00 bits per heavy atom. The van der Waals surface area contributed by atoms with Crippen molar-refractivity contribution in [1.82, 2.24) is 24.2 Å². The van der Waals surface area contributed by atoms with Crippen LogP contribution in [0.3, 0.4) is 0 Å². The van der Waals surface area contributed by atoms with E-state index in [1.807, 2.05) is 0 Å². The minimum atomic E-state index is -1.60. The molecule has 0 N–H and O–H groups in total. The van der Waals surface area contributed by atoms with Crippen LogP contribution in [0.2, 0.25) is 5.02 Å². The van der Waals surface area contributed by atoms with Gasteiger partial charge in [0.15, 0.2) is 11.3 Å². The van der Waals surface area contributed by atoms with Crippen LogP contribution in [0, 0.1) is 0 Å². The fourth-order valence-corrected chi connectivity index (χ4v) is 3.78. The Morgan fingerprint density at radius 1 is 1.39 bits per heavy atom. The van der Waals surface area contributed by atoms with Gasteiger partial charge in [-0.05, 0) is 17.7 Å². The number of nitrogens with zero attached hydrogens (tertiary/aromatic N) is 5. The van der Waals surface area contributed by atoms with Gasteiger partial charge in [0.25, 0.3) is 5.56 Å². The molecular weight excluding hydrogens is 385 g/mol. The molecule has 1 amide bonds. The van der Waals surface area contributed by atoms with Crippen LogP contribution in [0.5, 0.6) is 0 Å². The maximum Gasteiger partial charge on any atom is 0.264 e. The lowest BCUT2D eigenvalue weighted by Gasteiger charge is -2.22. The molecule has 4 rings (SSSR count). The second-order valence-electron chi connectivity index (χ2n) is 7.04. The molecule has 146 valence electrons. The van der Waals surface area contributed by atoms with Crippen molar-refractivity contribution in [2.75, 3.05) is 13.1 Å². The Hall–Kier alpha value is -2.74. The topological polar surface area (TPSA) is 73.0 Å². The summed E-state index contributed by atoms with van der Waals surface area (Å²) >= 11 is 5.97. The van der Waals surface area contributed by atoms with Gasteiger partial charge in [0.2, 0.25) is 5.91 Å². The number of aryl methyl sites for hydroxylation is 2. The first-order valence-corrected chi connectivity index (χ1v) is 9.35. The molecular formula is C19H19ClFN5O2. The monoisotopic (exact) mass is 403 g/mol. The second kappa shape index (κ2) is 7.01. The van der Waals surface area contributed by atoms with Gasteiger partial charge in [0.05, 0.1) is 19.1 Å². The highest BCUT2D eigenvalue weighted by molar-refractivity contribution is 6.30. The number of amides is 1. The van der Waals surface area contributed by atoms with Crippen molar-refractivity contribution in [1.29, 1.82) is 0 Å². The first-order chi connectivity index (χ1) is 13.4. The molecule has 0 bridgehead atoms. The highest BCUT2D eigenvalue weighted by Crippen LogP contribution is 2.37. The van der Waals surface area contributed by atoms with Crippen LogP contribution >= 0.6 is 11.6 Å². The fraction of sp³-hybridized carbons (Fsp3) is 0.368. The van der Waals surface area contributed by atoms with Gasteiger partial charge in [-0.2, -0.15) is 5.10 Å². The summed E-state index contributed by atoms with van der Waals surface area (Å²) in [4.78, 5) is 30.7. The van der Waals surface area contributed by atoms with E-state index in [0.29, 0.717) is 28.2 Å². The molecule has 7 nitrogen and oxygen atoms in total. The predicted octanol–water partition coefficient (Wildman–Crippen LogP) is 2.27. The molecule has 9 heteroatoms. The summed E-state index contributed by atoms with van der Waals surface area (Å²) in [6.45, 7) is 0.500. The van der Waals surface area contributed by atoms with E-state index >= 15 is 4.39 Å². The first kappa shape index (κ1) is 18.6. The van der Waals surface area contributed by atoms with Crippen LogP contribution in [0.4, 0.5) is 4.39 Å². The molecule has 1 aliphatic heterocycles. The Labute approximate surface area is 165 Å². The quantitative estimate of drug-likeness (QED) is 0.670. The van der Waals surface area contributed by atoms with E-state index in [2.05, 4.69) is 10.1 Å². The van der Waals surface area contributed by atoms with Crippen molar-refractivity contribution in [3.05, 3.63) is 57.7 Å². The zero-order valence-corrected chi connectivity index (χ0v) is 16.1. The number of benzene rings is 1. The van der Waals surface area contributed by atoms with Gasteiger partial charge >= 0.3 is 0 Å². The van der Waals surface area contributed by atoms with E-state index in [-0.39, 0.29) is 37.4 Å². The van der Waals surface area contributed by atoms with Crippen molar-refractivity contribution in [3.63, 3.8) is 0 Å². The highest BCUT2D eigenvalue weighted by atomic mass is 35.5. The third-order valence-electron chi connectivity index (χ3n) is 5.20. The SMILES string of the molecule is Cn1ncc2c(=O)n(CCC(=O)N3CCC(F)(c4cccc(Cl)c4)C3)cnc21. The standard InChI is InChI=1S/C19H19ClFN5O2/c1-24-17-15(10-23-24)18(28)26(12-22-17)7-5-16(27)25-8-6-19(21,11-25)13-3-2-4-14(20)9-13/h2-4,9-10,12H,5-8,11H2,1H3. The van der Waals surface area contributed by atoms with Crippen molar-refractivity contribution in [2.24, 2.45) is 7.05 Å². The summed E-state index contributed by atoms with van der Waals surface area (Å²) < 4.78 is 18.2. The van der Waals surface area contributed by atoms with E-state index in [1.165, 1.54) is 26.7 Å². The molecule has 1 atom stereocenters. The fourth-order valence-electron chi connectivity index (χ4n) is 3.59. The average Bonchev–Trinajstić information content (AvgIpc) is 3.26. The lowest BCUT2D eigenvalue weighted by atomic mass is 9.95. The molecule has 3 heterocycles. The third-order valence-corrected chi connectivity index (χ3v) is 5.43. The summed E-state index contributed by atoms with van der Waals surface area (Å²) in [6, 6.07) is 6.69. The summed E-state index contributed by atoms with van der Waals surface area (Å²) in [6.07, 6.45) is 3.20. The van der Waals surface area contributed by atoms with Crippen LogP contribution in [-0.2, 0) is 24.1 Å². The van der Waals surface area contributed by atoms with Crippen molar-refractivity contribution < 1.29 is 9.18 Å². The number of carbonyl (C=O) groups excluding carboxylic acids is 1. The van der Waals surface area contributed by atoms with E-state index in [9.17, 15) is 9.59 Å². The second-order valence-corrected chi connectivity index (χ2v) is 7.48. The number of aromatic nitrogens is 4. The number of fused-ring (bicyclic) bond motifs is 1. The molecule has 2 aromatic heterocycles. The molecule has 1 unspecified atom stereocenters. The Bertz CT molecular complexity index is 1110. The number of alkyl halides is 1. The van der Waals surface area contributed by atoms with Crippen LogP contribution < -0.4 is 5.56 Å². The number of likely N-dealkylation sites (tertiary alicyclic amines) is 1. The molecule has 0 aliphatic carbocycles. The lowest BCUT2D eigenvalue weighted by molar-refractivity contribution is -0.131. The summed E-state index contributed by atoms with van der Waals surface area (Å²) in [7, 11) is 1.71. The van der Waals surface area contributed by atoms with Crippen molar-refractivity contribution in [2.45, 2.75) is 25.1 Å². The molecule has 1 aliphatic rings. The Morgan fingerprint density at radius 2 is 2.21 bits per heavy atom. The smallest absolute Gasteiger partial charge is 0.264 e. The number of rotatable bonds is 4. The van der Waals surface area contributed by atoms with Gasteiger partial charge in [-0.25, -0.2) is 9.37 Å². The van der Waals surface area contributed by atoms with E-state index in [4.69, 9.17) is 11.6 Å². The lowest BCUT2D eigenvalue weighted by Crippen LogP contribution is -2.33. The first-order valence-electron chi connectivity index (χ1n) is 8.97. The van der Waals surface area contributed by atoms with Gasteiger partial charge in [-0.1, -0.05) is 23.7 Å². The minimum Gasteiger partial charge on any atom is -0.339 e. The van der Waals surface area contributed by atoms with Crippen LogP contribution in [0.25, 0.3) is 11.0 Å². The maximum absolute atomic E-state index is 15.3. The zero-order chi connectivity index (χ0) is 19.9. The molecule has 28 heavy (non-hydrogen) atoms. The predicted molar refractivity (Wildman–Crippen MR) is 103 cm³/mol. The van der Waals surface area contributed by atoms with Crippen molar-refractivity contribution >= 4 is 28.5 Å². The van der Waals surface area contributed by atoms with E-state index in [1.54, 1.807) is 31.3 Å². The summed E-state index contributed by atoms with van der Waals surface area (Å²) in [5.41, 5.74) is -0.868. The van der Waals surface area contributed by atoms with Crippen LogP contribution in [0.1, 0.15) is 18.4 Å². The van der Waals surface area contributed by atoms with Gasteiger partial charge in [0.1, 0.15) is 5.39 Å². The zero-order valence-electron chi connectivity index (χ0n) is 15.3. The Balaban J connectivity index is 1.44. The number of halogens is 2. The molecule has 3 aromatic rings. The maximum atomic E-state index is 15.3. The van der Waals surface area contributed by atoms with Crippen LogP contribution in [-0.4, -0.2) is 43.2 Å². The van der Waals surface area contributed by atoms with Gasteiger partial charge in [0, 0.05) is 38.0 Å². The molecule has 0 saturated carbocycles. The molecule has 0 radical (unpaired) electrons. The molecule has 1 fully saturated rings. The van der Waals surface area contributed by atoms with Gasteiger partial charge in [-0.15, -0.1) is 0 Å². The number of hydrogen-bond acceptors (Lipinski definition) is 4. The number of carbonyl (C=O) groups is 1. The molecule has 0 spiro atoms. The molecule has 1 saturated heterocycles. The highest BCUT2D eigenvalue weighted by Gasteiger charge is 2.41. The molecule has 1 aromatic carbocycles. The normalized spacial score (nSPS) is 19.5. The van der Waals surface area contributed by atoms with Crippen molar-refractivity contribution in [3.8, 4) is 0 Å². The largest absolute Gasteiger partial charge is 0.339 e. The minimum absolute atomic E-state index is 0.0129. The van der Waals surface area contributed by atoms with E-state index < -0.39 is 5.67 Å². The summed E-state index contributed by atoms with van der Waals surface area (Å²) in [5, 5.41) is 4.90. The van der Waals surface area contributed by atoms with Crippen LogP contribution in [0.15, 0.2) is 41.6 Å². The number of hydrogen-bond donors (Lipinski definition) is 0. The van der Waals surface area contributed by atoms with Gasteiger partial charge in [-0.3, -0.25) is 18.8 Å². The third kappa shape index (κ3) is 3.28. The van der Waals surface area contributed by atoms with E-state index in [0.717, 1.165) is 0 Å². The average molecular weight is 404 g/mol.